The molecule has 0 fully saturated rings. The Labute approximate surface area is 175 Å². The number of nitrogens with one attached hydrogen (secondary N) is 2. The van der Waals surface area contributed by atoms with Gasteiger partial charge in [0, 0.05) is 24.8 Å². The molecule has 2 aromatic rings. The molecule has 3 rings (SSSR count). The van der Waals surface area contributed by atoms with Crippen LogP contribution in [0.3, 0.4) is 0 Å². The van der Waals surface area contributed by atoms with Gasteiger partial charge in [-0.3, -0.25) is 19.3 Å². The van der Waals surface area contributed by atoms with Crippen LogP contribution in [0.25, 0.3) is 5.57 Å². The number of hydrogen-bond acceptors (Lipinski definition) is 5. The third-order valence-corrected chi connectivity index (χ3v) is 4.47. The van der Waals surface area contributed by atoms with Gasteiger partial charge in [-0.1, -0.05) is 12.1 Å². The van der Waals surface area contributed by atoms with Crippen LogP contribution in [0.1, 0.15) is 33.3 Å². The summed E-state index contributed by atoms with van der Waals surface area (Å²) in [4.78, 5) is 38.2. The summed E-state index contributed by atoms with van der Waals surface area (Å²) >= 11 is 0. The second kappa shape index (κ2) is 8.82. The number of amides is 3. The SMILES string of the molecule is CCN1C(=O)C(Nc2ccc(NC(C)=O)cc2)=C(c2ccc(OC(C)C)cc2)C1=O. The Morgan fingerprint density at radius 3 is 2.10 bits per heavy atom. The average molecular weight is 407 g/mol. The standard InChI is InChI=1S/C23H25N3O4/c1-5-26-22(28)20(16-6-12-19(13-7-16)30-14(2)3)21(23(26)29)25-18-10-8-17(9-11-18)24-15(4)27/h6-14,25H,5H2,1-4H3,(H,24,27). The van der Waals surface area contributed by atoms with Crippen molar-refractivity contribution in [2.75, 3.05) is 17.2 Å². The molecule has 0 aromatic heterocycles. The molecule has 1 heterocycles. The smallest absolute Gasteiger partial charge is 0.278 e. The first-order valence-corrected chi connectivity index (χ1v) is 9.82. The molecule has 3 amide bonds. The lowest BCUT2D eigenvalue weighted by Crippen LogP contribution is -2.32. The Kier molecular flexibility index (Phi) is 6.20. The Hall–Kier alpha value is -3.61. The average Bonchev–Trinajstić information content (AvgIpc) is 2.92. The molecular weight excluding hydrogens is 382 g/mol. The van der Waals surface area contributed by atoms with Gasteiger partial charge in [-0.25, -0.2) is 0 Å². The predicted molar refractivity (Wildman–Crippen MR) is 116 cm³/mol. The number of imide groups is 1. The van der Waals surface area contributed by atoms with Gasteiger partial charge in [-0.05, 0) is 62.7 Å². The monoisotopic (exact) mass is 407 g/mol. The van der Waals surface area contributed by atoms with E-state index in [4.69, 9.17) is 4.74 Å². The van der Waals surface area contributed by atoms with E-state index in [-0.39, 0.29) is 36.1 Å². The van der Waals surface area contributed by atoms with E-state index in [1.165, 1.54) is 11.8 Å². The van der Waals surface area contributed by atoms with Gasteiger partial charge in [0.15, 0.2) is 0 Å². The number of ether oxygens (including phenoxy) is 1. The maximum absolute atomic E-state index is 12.9. The fourth-order valence-electron chi connectivity index (χ4n) is 3.20. The third-order valence-electron chi connectivity index (χ3n) is 4.47. The van der Waals surface area contributed by atoms with Crippen LogP contribution in [-0.4, -0.2) is 35.3 Å². The highest BCUT2D eigenvalue weighted by atomic mass is 16.5. The van der Waals surface area contributed by atoms with Gasteiger partial charge >= 0.3 is 0 Å². The van der Waals surface area contributed by atoms with E-state index in [9.17, 15) is 14.4 Å². The minimum atomic E-state index is -0.369. The molecule has 0 saturated heterocycles. The van der Waals surface area contributed by atoms with E-state index in [1.54, 1.807) is 55.5 Å². The van der Waals surface area contributed by atoms with E-state index in [0.717, 1.165) is 0 Å². The van der Waals surface area contributed by atoms with Crippen LogP contribution in [0, 0.1) is 0 Å². The number of nitrogens with zero attached hydrogens (tertiary/aromatic N) is 1. The fourth-order valence-corrected chi connectivity index (χ4v) is 3.20. The van der Waals surface area contributed by atoms with Crippen molar-refractivity contribution in [3.63, 3.8) is 0 Å². The third kappa shape index (κ3) is 4.51. The lowest BCUT2D eigenvalue weighted by Gasteiger charge is -2.12. The van der Waals surface area contributed by atoms with Crippen molar-refractivity contribution in [2.24, 2.45) is 0 Å². The van der Waals surface area contributed by atoms with Crippen molar-refractivity contribution >= 4 is 34.7 Å². The molecule has 0 atom stereocenters. The second-order valence-electron chi connectivity index (χ2n) is 7.18. The summed E-state index contributed by atoms with van der Waals surface area (Å²) in [7, 11) is 0. The summed E-state index contributed by atoms with van der Waals surface area (Å²) in [5.74, 6) is -0.175. The van der Waals surface area contributed by atoms with Gasteiger partial charge in [0.25, 0.3) is 11.8 Å². The summed E-state index contributed by atoms with van der Waals surface area (Å²) in [6.45, 7) is 7.35. The molecule has 1 aliphatic rings. The predicted octanol–water partition coefficient (Wildman–Crippen LogP) is 3.64. The topological polar surface area (TPSA) is 87.7 Å². The largest absolute Gasteiger partial charge is 0.491 e. The van der Waals surface area contributed by atoms with Crippen LogP contribution in [0.15, 0.2) is 54.2 Å². The van der Waals surface area contributed by atoms with E-state index in [0.29, 0.717) is 28.3 Å². The first-order chi connectivity index (χ1) is 14.3. The summed E-state index contributed by atoms with van der Waals surface area (Å²) in [6, 6.07) is 14.0. The van der Waals surface area contributed by atoms with Crippen molar-refractivity contribution in [1.82, 2.24) is 4.90 Å². The highest BCUT2D eigenvalue weighted by molar-refractivity contribution is 6.36. The van der Waals surface area contributed by atoms with Crippen molar-refractivity contribution < 1.29 is 19.1 Å². The number of rotatable bonds is 7. The number of carbonyl (C=O) groups excluding carboxylic acids is 3. The van der Waals surface area contributed by atoms with Crippen LogP contribution in [0.4, 0.5) is 11.4 Å². The normalized spacial score (nSPS) is 13.8. The number of likely N-dealkylation sites (N-methyl/N-ethyl adjacent to an activating group) is 1. The van der Waals surface area contributed by atoms with Gasteiger partial charge in [-0.15, -0.1) is 0 Å². The second-order valence-corrected chi connectivity index (χ2v) is 7.18. The zero-order valence-electron chi connectivity index (χ0n) is 17.5. The van der Waals surface area contributed by atoms with Crippen molar-refractivity contribution in [3.8, 4) is 5.75 Å². The molecule has 0 saturated carbocycles. The number of benzene rings is 2. The summed E-state index contributed by atoms with van der Waals surface area (Å²) in [5, 5.41) is 5.78. The van der Waals surface area contributed by atoms with E-state index < -0.39 is 0 Å². The first kappa shape index (κ1) is 21.1. The Balaban J connectivity index is 1.94. The summed E-state index contributed by atoms with van der Waals surface area (Å²) in [5.41, 5.74) is 2.47. The number of hydrogen-bond donors (Lipinski definition) is 2. The van der Waals surface area contributed by atoms with Crippen LogP contribution in [0.5, 0.6) is 5.75 Å². The van der Waals surface area contributed by atoms with Gasteiger partial charge < -0.3 is 15.4 Å². The number of carbonyl (C=O) groups is 3. The summed E-state index contributed by atoms with van der Waals surface area (Å²) in [6.07, 6.45) is 0.0398. The molecule has 30 heavy (non-hydrogen) atoms. The zero-order valence-corrected chi connectivity index (χ0v) is 17.5. The molecule has 156 valence electrons. The summed E-state index contributed by atoms with van der Waals surface area (Å²) < 4.78 is 5.66. The van der Waals surface area contributed by atoms with Crippen LogP contribution < -0.4 is 15.4 Å². The zero-order chi connectivity index (χ0) is 21.8. The molecule has 2 N–H and O–H groups in total. The molecule has 7 nitrogen and oxygen atoms in total. The molecule has 1 aliphatic heterocycles. The van der Waals surface area contributed by atoms with Crippen molar-refractivity contribution in [3.05, 3.63) is 59.8 Å². The minimum absolute atomic E-state index is 0.0398. The highest BCUT2D eigenvalue weighted by Gasteiger charge is 2.38. The van der Waals surface area contributed by atoms with Crippen LogP contribution >= 0.6 is 0 Å². The molecule has 2 aromatic carbocycles. The number of anilines is 2. The fraction of sp³-hybridized carbons (Fsp3) is 0.261. The van der Waals surface area contributed by atoms with Gasteiger partial charge in [0.2, 0.25) is 5.91 Å². The van der Waals surface area contributed by atoms with E-state index in [2.05, 4.69) is 10.6 Å². The highest BCUT2D eigenvalue weighted by Crippen LogP contribution is 2.31. The van der Waals surface area contributed by atoms with Gasteiger partial charge in [0.1, 0.15) is 11.4 Å². The Morgan fingerprint density at radius 2 is 1.57 bits per heavy atom. The quantitative estimate of drug-likeness (QED) is 0.684. The lowest BCUT2D eigenvalue weighted by molar-refractivity contribution is -0.136. The lowest BCUT2D eigenvalue weighted by atomic mass is 10.0. The molecule has 0 unspecified atom stereocenters. The molecule has 0 radical (unpaired) electrons. The molecular formula is C23H25N3O4. The van der Waals surface area contributed by atoms with E-state index in [1.807, 2.05) is 13.8 Å². The van der Waals surface area contributed by atoms with Crippen molar-refractivity contribution in [1.29, 1.82) is 0 Å². The first-order valence-electron chi connectivity index (χ1n) is 9.82. The van der Waals surface area contributed by atoms with Gasteiger partial charge in [-0.2, -0.15) is 0 Å². The van der Waals surface area contributed by atoms with Crippen molar-refractivity contribution in [2.45, 2.75) is 33.8 Å². The van der Waals surface area contributed by atoms with E-state index >= 15 is 0 Å². The Bertz CT molecular complexity index is 992. The van der Waals surface area contributed by atoms with Crippen LogP contribution in [0.2, 0.25) is 0 Å². The molecule has 0 aliphatic carbocycles. The maximum atomic E-state index is 12.9. The Morgan fingerprint density at radius 1 is 0.967 bits per heavy atom. The maximum Gasteiger partial charge on any atom is 0.278 e. The van der Waals surface area contributed by atoms with Gasteiger partial charge in [0.05, 0.1) is 11.7 Å². The molecule has 7 heteroatoms. The molecule has 0 spiro atoms. The molecule has 0 bridgehead atoms. The minimum Gasteiger partial charge on any atom is -0.491 e. The van der Waals surface area contributed by atoms with Crippen LogP contribution in [-0.2, 0) is 14.4 Å².